The third-order valence-electron chi connectivity index (χ3n) is 5.04. The number of anilines is 1. The molecule has 2 heterocycles. The molecule has 0 aliphatic carbocycles. The van der Waals surface area contributed by atoms with Crippen molar-refractivity contribution in [2.75, 3.05) is 11.5 Å². The maximum atomic E-state index is 12.9. The van der Waals surface area contributed by atoms with Crippen LogP contribution in [-0.4, -0.2) is 44.8 Å². The minimum Gasteiger partial charge on any atom is -0.462 e. The summed E-state index contributed by atoms with van der Waals surface area (Å²) >= 11 is 0.941. The van der Waals surface area contributed by atoms with Gasteiger partial charge in [0.1, 0.15) is 5.25 Å². The summed E-state index contributed by atoms with van der Waals surface area (Å²) in [5, 5.41) is 7.00. The first kappa shape index (κ1) is 24.3. The van der Waals surface area contributed by atoms with Gasteiger partial charge in [-0.2, -0.15) is 18.3 Å². The van der Waals surface area contributed by atoms with Crippen molar-refractivity contribution >= 4 is 35.2 Å². The van der Waals surface area contributed by atoms with Gasteiger partial charge >= 0.3 is 12.1 Å². The van der Waals surface area contributed by atoms with E-state index in [0.717, 1.165) is 28.8 Å². The SMILES string of the molecule is CCOC(=O)c1ccc(N2C(=O)CC(Sc3nncc(-c4ccc(C(F)(F)F)cc4)n3)C2=O)cc1. The second-order valence-corrected chi connectivity index (χ2v) is 8.51. The predicted octanol–water partition coefficient (Wildman–Crippen LogP) is 4.16. The number of carbonyl (C=O) groups is 3. The number of halogens is 3. The average molecular weight is 502 g/mol. The Balaban J connectivity index is 1.48. The zero-order valence-corrected chi connectivity index (χ0v) is 19.0. The summed E-state index contributed by atoms with van der Waals surface area (Å²) in [6.07, 6.45) is -3.26. The highest BCUT2D eigenvalue weighted by molar-refractivity contribution is 8.00. The zero-order chi connectivity index (χ0) is 25.2. The topological polar surface area (TPSA) is 102 Å². The Kier molecular flexibility index (Phi) is 6.83. The number of esters is 1. The van der Waals surface area contributed by atoms with E-state index in [9.17, 15) is 27.6 Å². The quantitative estimate of drug-likeness (QED) is 0.366. The molecule has 2 aromatic carbocycles. The summed E-state index contributed by atoms with van der Waals surface area (Å²) in [4.78, 5) is 42.6. The fourth-order valence-corrected chi connectivity index (χ4v) is 4.29. The molecule has 0 N–H and O–H groups in total. The molecule has 8 nitrogen and oxygen atoms in total. The lowest BCUT2D eigenvalue weighted by molar-refractivity contribution is -0.137. The number of aromatic nitrogens is 3. The fraction of sp³-hybridized carbons (Fsp3) is 0.217. The largest absolute Gasteiger partial charge is 0.462 e. The summed E-state index contributed by atoms with van der Waals surface area (Å²) in [6, 6.07) is 10.3. The number of amides is 2. The summed E-state index contributed by atoms with van der Waals surface area (Å²) < 4.78 is 43.3. The van der Waals surface area contributed by atoms with Crippen LogP contribution in [0.2, 0.25) is 0 Å². The lowest BCUT2D eigenvalue weighted by atomic mass is 10.1. The Bertz CT molecular complexity index is 1270. The Hall–Kier alpha value is -3.80. The normalized spacial score (nSPS) is 16.0. The van der Waals surface area contributed by atoms with Gasteiger partial charge in [0.15, 0.2) is 0 Å². The van der Waals surface area contributed by atoms with Crippen molar-refractivity contribution in [2.45, 2.75) is 29.9 Å². The van der Waals surface area contributed by atoms with E-state index in [2.05, 4.69) is 15.2 Å². The van der Waals surface area contributed by atoms with E-state index >= 15 is 0 Å². The highest BCUT2D eigenvalue weighted by atomic mass is 32.2. The molecule has 2 amide bonds. The maximum Gasteiger partial charge on any atom is 0.416 e. The van der Waals surface area contributed by atoms with Crippen LogP contribution in [0.4, 0.5) is 18.9 Å². The molecule has 0 spiro atoms. The number of alkyl halides is 3. The molecule has 1 atom stereocenters. The monoisotopic (exact) mass is 502 g/mol. The van der Waals surface area contributed by atoms with E-state index in [-0.39, 0.29) is 23.9 Å². The summed E-state index contributed by atoms with van der Waals surface area (Å²) in [5.41, 5.74) is 0.489. The van der Waals surface area contributed by atoms with Gasteiger partial charge in [-0.3, -0.25) is 9.59 Å². The van der Waals surface area contributed by atoms with Crippen molar-refractivity contribution in [1.29, 1.82) is 0 Å². The van der Waals surface area contributed by atoms with E-state index in [1.165, 1.54) is 42.6 Å². The van der Waals surface area contributed by atoms with E-state index in [0.29, 0.717) is 16.8 Å². The number of nitrogens with zero attached hydrogens (tertiary/aromatic N) is 4. The molecule has 180 valence electrons. The van der Waals surface area contributed by atoms with Crippen LogP contribution in [0.15, 0.2) is 59.9 Å². The molecule has 35 heavy (non-hydrogen) atoms. The predicted molar refractivity (Wildman–Crippen MR) is 119 cm³/mol. The van der Waals surface area contributed by atoms with Gasteiger partial charge < -0.3 is 4.74 Å². The smallest absolute Gasteiger partial charge is 0.416 e. The lowest BCUT2D eigenvalue weighted by Crippen LogP contribution is -2.31. The third kappa shape index (κ3) is 5.32. The Labute approximate surface area is 201 Å². The lowest BCUT2D eigenvalue weighted by Gasteiger charge is -2.15. The maximum absolute atomic E-state index is 12.9. The van der Waals surface area contributed by atoms with Gasteiger partial charge in [0, 0.05) is 12.0 Å². The first-order chi connectivity index (χ1) is 16.7. The zero-order valence-electron chi connectivity index (χ0n) is 18.2. The molecule has 1 unspecified atom stereocenters. The standard InChI is InChI=1S/C23H17F3N4O4S/c1-2-34-21(33)14-5-9-16(10-6-14)30-19(31)11-18(20(30)32)35-22-28-17(12-27-29-22)13-3-7-15(8-4-13)23(24,25)26/h3-10,12,18H,2,11H2,1H3. The van der Waals surface area contributed by atoms with Gasteiger partial charge in [0.25, 0.3) is 0 Å². The van der Waals surface area contributed by atoms with Crippen molar-refractivity contribution in [3.63, 3.8) is 0 Å². The van der Waals surface area contributed by atoms with Gasteiger partial charge in [0.05, 0.1) is 35.3 Å². The van der Waals surface area contributed by atoms with Crippen LogP contribution in [0, 0.1) is 0 Å². The molecule has 1 fully saturated rings. The van der Waals surface area contributed by atoms with Crippen LogP contribution in [-0.2, 0) is 20.5 Å². The van der Waals surface area contributed by atoms with Crippen molar-refractivity contribution in [3.05, 3.63) is 65.9 Å². The van der Waals surface area contributed by atoms with Crippen LogP contribution < -0.4 is 4.90 Å². The summed E-state index contributed by atoms with van der Waals surface area (Å²) in [5.74, 6) is -1.42. The molecule has 1 aliphatic heterocycles. The molecule has 1 saturated heterocycles. The Morgan fingerprint density at radius 1 is 1.11 bits per heavy atom. The second-order valence-electron chi connectivity index (χ2n) is 7.34. The number of hydrogen-bond donors (Lipinski definition) is 0. The molecule has 3 aromatic rings. The van der Waals surface area contributed by atoms with Gasteiger partial charge in [-0.1, -0.05) is 23.9 Å². The van der Waals surface area contributed by atoms with Crippen LogP contribution in [0.3, 0.4) is 0 Å². The van der Waals surface area contributed by atoms with Crippen molar-refractivity contribution < 1.29 is 32.3 Å². The fourth-order valence-electron chi connectivity index (χ4n) is 3.36. The molecule has 1 aromatic heterocycles. The van der Waals surface area contributed by atoms with Gasteiger partial charge in [-0.05, 0) is 43.3 Å². The van der Waals surface area contributed by atoms with Crippen molar-refractivity contribution in [1.82, 2.24) is 15.2 Å². The molecule has 0 saturated carbocycles. The van der Waals surface area contributed by atoms with Gasteiger partial charge in [-0.15, -0.1) is 5.10 Å². The van der Waals surface area contributed by atoms with Crippen molar-refractivity contribution in [3.8, 4) is 11.3 Å². The van der Waals surface area contributed by atoms with Gasteiger partial charge in [-0.25, -0.2) is 14.7 Å². The molecule has 4 rings (SSSR count). The minimum absolute atomic E-state index is 0.100. The molecule has 0 bridgehead atoms. The number of benzene rings is 2. The van der Waals surface area contributed by atoms with Gasteiger partial charge in [0.2, 0.25) is 17.0 Å². The molecular formula is C23H17F3N4O4S. The van der Waals surface area contributed by atoms with E-state index in [4.69, 9.17) is 4.74 Å². The third-order valence-corrected chi connectivity index (χ3v) is 6.07. The summed E-state index contributed by atoms with van der Waals surface area (Å²) in [7, 11) is 0. The van der Waals surface area contributed by atoms with Crippen LogP contribution in [0.25, 0.3) is 11.3 Å². The number of thioether (sulfide) groups is 1. The first-order valence-electron chi connectivity index (χ1n) is 10.4. The molecule has 1 aliphatic rings. The van der Waals surface area contributed by atoms with E-state index in [1.807, 2.05) is 0 Å². The number of rotatable bonds is 6. The van der Waals surface area contributed by atoms with E-state index in [1.54, 1.807) is 6.92 Å². The number of hydrogen-bond acceptors (Lipinski definition) is 8. The highest BCUT2D eigenvalue weighted by Gasteiger charge is 2.41. The molecule has 0 radical (unpaired) electrons. The number of ether oxygens (including phenoxy) is 1. The Morgan fingerprint density at radius 3 is 2.43 bits per heavy atom. The molecular weight excluding hydrogens is 485 g/mol. The number of imide groups is 1. The Morgan fingerprint density at radius 2 is 1.80 bits per heavy atom. The molecule has 12 heteroatoms. The highest BCUT2D eigenvalue weighted by Crippen LogP contribution is 2.34. The second kappa shape index (κ2) is 9.82. The van der Waals surface area contributed by atoms with Crippen LogP contribution in [0.1, 0.15) is 29.3 Å². The minimum atomic E-state index is -4.45. The first-order valence-corrected chi connectivity index (χ1v) is 11.2. The van der Waals surface area contributed by atoms with Crippen molar-refractivity contribution in [2.24, 2.45) is 0 Å². The number of carbonyl (C=O) groups excluding carboxylic acids is 3. The average Bonchev–Trinajstić information content (AvgIpc) is 3.11. The van der Waals surface area contributed by atoms with Crippen LogP contribution in [0.5, 0.6) is 0 Å². The van der Waals surface area contributed by atoms with E-state index < -0.39 is 34.8 Å². The van der Waals surface area contributed by atoms with Crippen LogP contribution >= 0.6 is 11.8 Å². The summed E-state index contributed by atoms with van der Waals surface area (Å²) in [6.45, 7) is 1.91.